The number of benzene rings is 2. The van der Waals surface area contributed by atoms with Gasteiger partial charge in [0.1, 0.15) is 40.0 Å². The van der Waals surface area contributed by atoms with E-state index in [-0.39, 0.29) is 6.09 Å². The van der Waals surface area contributed by atoms with Gasteiger partial charge in [0, 0.05) is 45.0 Å². The van der Waals surface area contributed by atoms with Gasteiger partial charge in [-0.1, -0.05) is 5.21 Å². The molecule has 2 aromatic carbocycles. The van der Waals surface area contributed by atoms with Crippen LogP contribution in [-0.4, -0.2) is 77.7 Å². The first-order valence-corrected chi connectivity index (χ1v) is 13.7. The SMILES string of the molecule is Cc1cc(Nc2ncnc3cnc(N4CCN(C(=O)OC(C)(C)C)CC4)nc23)ccc1Oc1ccc2c(c1)nnn2C. The van der Waals surface area contributed by atoms with Crippen molar-refractivity contribution in [2.45, 2.75) is 33.3 Å². The summed E-state index contributed by atoms with van der Waals surface area (Å²) < 4.78 is 13.4. The molecular formula is C29H32N10O3. The Labute approximate surface area is 242 Å². The van der Waals surface area contributed by atoms with E-state index < -0.39 is 5.60 Å². The van der Waals surface area contributed by atoms with Crippen LogP contribution in [0.25, 0.3) is 22.1 Å². The molecule has 1 aliphatic heterocycles. The molecule has 1 saturated heterocycles. The predicted molar refractivity (Wildman–Crippen MR) is 158 cm³/mol. The first-order chi connectivity index (χ1) is 20.1. The maximum absolute atomic E-state index is 12.5. The van der Waals surface area contributed by atoms with Gasteiger partial charge in [0.2, 0.25) is 5.95 Å². The minimum Gasteiger partial charge on any atom is -0.457 e. The summed E-state index contributed by atoms with van der Waals surface area (Å²) in [7, 11) is 1.86. The zero-order valence-electron chi connectivity index (χ0n) is 24.2. The highest BCUT2D eigenvalue weighted by Gasteiger charge is 2.27. The van der Waals surface area contributed by atoms with Gasteiger partial charge in [-0.3, -0.25) is 0 Å². The number of aryl methyl sites for hydroxylation is 2. The molecule has 0 aliphatic carbocycles. The number of ether oxygens (including phenoxy) is 2. The Morgan fingerprint density at radius 2 is 1.79 bits per heavy atom. The second-order valence-corrected chi connectivity index (χ2v) is 11.2. The summed E-state index contributed by atoms with van der Waals surface area (Å²) in [6, 6.07) is 11.5. The number of rotatable bonds is 5. The van der Waals surface area contributed by atoms with Crippen molar-refractivity contribution < 1.29 is 14.3 Å². The highest BCUT2D eigenvalue weighted by molar-refractivity contribution is 5.87. The van der Waals surface area contributed by atoms with Crippen molar-refractivity contribution in [1.29, 1.82) is 0 Å². The van der Waals surface area contributed by atoms with Crippen LogP contribution in [0.4, 0.5) is 22.2 Å². The molecule has 1 N–H and O–H groups in total. The van der Waals surface area contributed by atoms with Crippen molar-refractivity contribution in [2.75, 3.05) is 36.4 Å². The van der Waals surface area contributed by atoms with Crippen LogP contribution in [0.2, 0.25) is 0 Å². The van der Waals surface area contributed by atoms with E-state index in [1.807, 2.05) is 76.0 Å². The highest BCUT2D eigenvalue weighted by Crippen LogP contribution is 2.31. The fourth-order valence-corrected chi connectivity index (χ4v) is 4.69. The fraction of sp³-hybridized carbons (Fsp3) is 0.345. The second kappa shape index (κ2) is 10.7. The Hall–Kier alpha value is -5.07. The monoisotopic (exact) mass is 568 g/mol. The van der Waals surface area contributed by atoms with Crippen molar-refractivity contribution in [2.24, 2.45) is 7.05 Å². The van der Waals surface area contributed by atoms with Crippen LogP contribution in [0.3, 0.4) is 0 Å². The largest absolute Gasteiger partial charge is 0.457 e. The smallest absolute Gasteiger partial charge is 0.410 e. The lowest BCUT2D eigenvalue weighted by Gasteiger charge is -2.35. The van der Waals surface area contributed by atoms with E-state index in [1.54, 1.807) is 15.8 Å². The standard InChI is InChI=1S/C29H32N10O3/c1-18-14-19(6-9-24(18)41-20-7-8-23-21(15-20)35-36-37(23)5)33-26-25-22(31-17-32-26)16-30-27(34-25)38-10-12-39(13-11-38)28(40)42-29(2,3)4/h6-9,14-17H,10-13H2,1-5H3,(H,31,32,33). The molecule has 0 saturated carbocycles. The van der Waals surface area contributed by atoms with Crippen LogP contribution in [0.15, 0.2) is 48.9 Å². The highest BCUT2D eigenvalue weighted by atomic mass is 16.6. The molecule has 42 heavy (non-hydrogen) atoms. The Bertz CT molecular complexity index is 1770. The zero-order valence-corrected chi connectivity index (χ0v) is 24.2. The van der Waals surface area contributed by atoms with Gasteiger partial charge in [0.25, 0.3) is 0 Å². The van der Waals surface area contributed by atoms with Gasteiger partial charge in [-0.05, 0) is 63.6 Å². The Morgan fingerprint density at radius 1 is 0.976 bits per heavy atom. The number of aromatic nitrogens is 7. The first-order valence-electron chi connectivity index (χ1n) is 13.7. The number of hydrogen-bond donors (Lipinski definition) is 1. The summed E-state index contributed by atoms with van der Waals surface area (Å²) in [5.41, 5.74) is 4.18. The van der Waals surface area contributed by atoms with Crippen LogP contribution in [-0.2, 0) is 11.8 Å². The van der Waals surface area contributed by atoms with Crippen molar-refractivity contribution in [1.82, 2.24) is 39.8 Å². The average molecular weight is 569 g/mol. The van der Waals surface area contributed by atoms with E-state index in [0.29, 0.717) is 54.7 Å². The predicted octanol–water partition coefficient (Wildman–Crippen LogP) is 4.60. The molecule has 0 bridgehead atoms. The number of amides is 1. The Morgan fingerprint density at radius 3 is 2.55 bits per heavy atom. The number of nitrogens with zero attached hydrogens (tertiary/aromatic N) is 9. The van der Waals surface area contributed by atoms with Gasteiger partial charge in [0.15, 0.2) is 5.82 Å². The lowest BCUT2D eigenvalue weighted by atomic mass is 10.2. The van der Waals surface area contributed by atoms with Gasteiger partial charge in [0.05, 0.1) is 11.7 Å². The summed E-state index contributed by atoms with van der Waals surface area (Å²) in [6.45, 7) is 9.80. The molecule has 4 heterocycles. The lowest BCUT2D eigenvalue weighted by molar-refractivity contribution is 0.0240. The van der Waals surface area contributed by atoms with Crippen molar-refractivity contribution in [3.05, 3.63) is 54.5 Å². The van der Waals surface area contributed by atoms with E-state index in [1.165, 1.54) is 6.33 Å². The van der Waals surface area contributed by atoms with Gasteiger partial charge < -0.3 is 24.6 Å². The Kier molecular flexibility index (Phi) is 6.93. The van der Waals surface area contributed by atoms with Crippen LogP contribution in [0, 0.1) is 6.92 Å². The van der Waals surface area contributed by atoms with E-state index >= 15 is 0 Å². The quantitative estimate of drug-likeness (QED) is 0.318. The number of piperazine rings is 1. The number of anilines is 3. The maximum atomic E-state index is 12.5. The fourth-order valence-electron chi connectivity index (χ4n) is 4.69. The van der Waals surface area contributed by atoms with Crippen LogP contribution < -0.4 is 15.0 Å². The summed E-state index contributed by atoms with van der Waals surface area (Å²) in [6.07, 6.45) is 2.88. The number of nitrogens with one attached hydrogen (secondary N) is 1. The molecular weight excluding hydrogens is 536 g/mol. The summed E-state index contributed by atoms with van der Waals surface area (Å²) in [5, 5.41) is 11.6. The van der Waals surface area contributed by atoms with E-state index in [0.717, 1.165) is 28.0 Å². The maximum Gasteiger partial charge on any atom is 0.410 e. The van der Waals surface area contributed by atoms with Gasteiger partial charge in [-0.15, -0.1) is 5.10 Å². The summed E-state index contributed by atoms with van der Waals surface area (Å²) in [4.78, 5) is 34.3. The third-order valence-corrected chi connectivity index (χ3v) is 6.83. The van der Waals surface area contributed by atoms with Crippen LogP contribution >= 0.6 is 0 Å². The third-order valence-electron chi connectivity index (χ3n) is 6.83. The zero-order chi connectivity index (χ0) is 29.4. The molecule has 13 heteroatoms. The topological polar surface area (TPSA) is 136 Å². The minimum absolute atomic E-state index is 0.306. The summed E-state index contributed by atoms with van der Waals surface area (Å²) in [5.74, 6) is 2.54. The van der Waals surface area contributed by atoms with E-state index in [4.69, 9.17) is 14.5 Å². The Balaban J connectivity index is 1.16. The molecule has 0 radical (unpaired) electrons. The van der Waals surface area contributed by atoms with Crippen LogP contribution in [0.1, 0.15) is 26.3 Å². The van der Waals surface area contributed by atoms with E-state index in [2.05, 4.69) is 30.6 Å². The van der Waals surface area contributed by atoms with Crippen LogP contribution in [0.5, 0.6) is 11.5 Å². The van der Waals surface area contributed by atoms with Gasteiger partial charge in [-0.25, -0.2) is 29.4 Å². The molecule has 0 spiro atoms. The third kappa shape index (κ3) is 5.71. The van der Waals surface area contributed by atoms with Crippen molar-refractivity contribution >= 4 is 45.6 Å². The molecule has 5 aromatic rings. The molecule has 0 unspecified atom stereocenters. The number of carbonyl (C=O) groups is 1. The van der Waals surface area contributed by atoms with Crippen molar-refractivity contribution in [3.63, 3.8) is 0 Å². The van der Waals surface area contributed by atoms with E-state index in [9.17, 15) is 4.79 Å². The molecule has 216 valence electrons. The number of carbonyl (C=O) groups excluding carboxylic acids is 1. The van der Waals surface area contributed by atoms with Gasteiger partial charge in [-0.2, -0.15) is 0 Å². The minimum atomic E-state index is -0.530. The first kappa shape index (κ1) is 27.1. The second-order valence-electron chi connectivity index (χ2n) is 11.2. The molecule has 1 aliphatic rings. The van der Waals surface area contributed by atoms with Gasteiger partial charge >= 0.3 is 6.09 Å². The molecule has 0 atom stereocenters. The number of hydrogen-bond acceptors (Lipinski definition) is 11. The average Bonchev–Trinajstić information content (AvgIpc) is 3.33. The molecule has 3 aromatic heterocycles. The lowest BCUT2D eigenvalue weighted by Crippen LogP contribution is -2.50. The molecule has 1 amide bonds. The normalized spacial score (nSPS) is 13.9. The molecule has 6 rings (SSSR count). The molecule has 1 fully saturated rings. The van der Waals surface area contributed by atoms with Crippen molar-refractivity contribution in [3.8, 4) is 11.5 Å². The number of fused-ring (bicyclic) bond motifs is 2. The molecule has 13 nitrogen and oxygen atoms in total. The summed E-state index contributed by atoms with van der Waals surface area (Å²) >= 11 is 0.